The third kappa shape index (κ3) is 3.59. The molecule has 0 saturated carbocycles. The highest BCUT2D eigenvalue weighted by molar-refractivity contribution is 7.80. The molecule has 20 heavy (non-hydrogen) atoms. The number of nitrogens with zero attached hydrogens (tertiary/aromatic N) is 1. The number of nitrogens with one attached hydrogen (secondary N) is 1. The van der Waals surface area contributed by atoms with E-state index in [0.717, 1.165) is 12.1 Å². The molecule has 0 unspecified atom stereocenters. The average molecular weight is 305 g/mol. The summed E-state index contributed by atoms with van der Waals surface area (Å²) in [5.41, 5.74) is 8.42. The molecule has 0 spiro atoms. The molecule has 110 valence electrons. The zero-order valence-electron chi connectivity index (χ0n) is 10.5. The van der Waals surface area contributed by atoms with Crippen molar-refractivity contribution in [2.24, 2.45) is 5.73 Å². The van der Waals surface area contributed by atoms with Crippen LogP contribution in [0.5, 0.6) is 0 Å². The number of thiocarbonyl (C=S) groups is 1. The Bertz CT molecular complexity index is 501. The van der Waals surface area contributed by atoms with Crippen molar-refractivity contribution < 1.29 is 17.9 Å². The Kier molecular flexibility index (Phi) is 4.46. The standard InChI is InChI=1S/C12H14F3N3OS/c13-12(14,15)8-1-2-10(9(7-8)11(16)20)17-18-3-5-19-6-4-18/h1-2,7,17H,3-6H2,(H2,16,20). The Labute approximate surface area is 119 Å². The Morgan fingerprint density at radius 2 is 1.95 bits per heavy atom. The molecular formula is C12H14F3N3OS. The summed E-state index contributed by atoms with van der Waals surface area (Å²) in [7, 11) is 0. The zero-order valence-corrected chi connectivity index (χ0v) is 11.4. The van der Waals surface area contributed by atoms with Gasteiger partial charge in [-0.15, -0.1) is 0 Å². The molecular weight excluding hydrogens is 291 g/mol. The molecule has 0 atom stereocenters. The van der Waals surface area contributed by atoms with Crippen molar-refractivity contribution in [1.82, 2.24) is 5.01 Å². The third-order valence-corrected chi connectivity index (χ3v) is 3.12. The summed E-state index contributed by atoms with van der Waals surface area (Å²) in [6, 6.07) is 3.31. The molecule has 3 N–H and O–H groups in total. The molecule has 0 amide bonds. The van der Waals surface area contributed by atoms with Crippen LogP contribution in [0.3, 0.4) is 0 Å². The predicted octanol–water partition coefficient (Wildman–Crippen LogP) is 2.00. The SMILES string of the molecule is NC(=S)c1cc(C(F)(F)F)ccc1NN1CCOCC1. The van der Waals surface area contributed by atoms with E-state index in [4.69, 9.17) is 22.7 Å². The fourth-order valence-electron chi connectivity index (χ4n) is 1.87. The minimum Gasteiger partial charge on any atom is -0.389 e. The van der Waals surface area contributed by atoms with Crippen LogP contribution in [0.15, 0.2) is 18.2 Å². The number of morpholine rings is 1. The number of hydrogen-bond donors (Lipinski definition) is 2. The Balaban J connectivity index is 2.25. The van der Waals surface area contributed by atoms with Gasteiger partial charge in [0.15, 0.2) is 0 Å². The summed E-state index contributed by atoms with van der Waals surface area (Å²) in [6.45, 7) is 2.40. The largest absolute Gasteiger partial charge is 0.416 e. The number of nitrogens with two attached hydrogens (primary N) is 1. The van der Waals surface area contributed by atoms with Crippen LogP contribution in [-0.2, 0) is 10.9 Å². The number of hydrazine groups is 1. The van der Waals surface area contributed by atoms with E-state index in [1.54, 1.807) is 0 Å². The van der Waals surface area contributed by atoms with Crippen LogP contribution in [0.4, 0.5) is 18.9 Å². The maximum atomic E-state index is 12.7. The van der Waals surface area contributed by atoms with Crippen molar-refractivity contribution in [2.45, 2.75) is 6.18 Å². The molecule has 1 aliphatic rings. The number of alkyl halides is 3. The second-order valence-electron chi connectivity index (χ2n) is 4.33. The Morgan fingerprint density at radius 3 is 2.50 bits per heavy atom. The maximum Gasteiger partial charge on any atom is 0.416 e. The summed E-state index contributed by atoms with van der Waals surface area (Å²) in [6.07, 6.45) is -4.42. The summed E-state index contributed by atoms with van der Waals surface area (Å²) < 4.78 is 43.3. The normalized spacial score (nSPS) is 16.9. The molecule has 1 fully saturated rings. The van der Waals surface area contributed by atoms with E-state index in [2.05, 4.69) is 5.43 Å². The number of anilines is 1. The molecule has 0 bridgehead atoms. The Morgan fingerprint density at radius 1 is 1.30 bits per heavy atom. The van der Waals surface area contributed by atoms with Gasteiger partial charge in [-0.25, -0.2) is 5.01 Å². The van der Waals surface area contributed by atoms with Crippen LogP contribution in [-0.4, -0.2) is 36.3 Å². The second-order valence-corrected chi connectivity index (χ2v) is 4.77. The summed E-state index contributed by atoms with van der Waals surface area (Å²) in [4.78, 5) is -0.0770. The lowest BCUT2D eigenvalue weighted by Gasteiger charge is -2.29. The number of benzene rings is 1. The molecule has 1 aromatic carbocycles. The highest BCUT2D eigenvalue weighted by atomic mass is 32.1. The lowest BCUT2D eigenvalue weighted by molar-refractivity contribution is -0.137. The van der Waals surface area contributed by atoms with E-state index in [-0.39, 0.29) is 10.6 Å². The van der Waals surface area contributed by atoms with Crippen molar-refractivity contribution in [2.75, 3.05) is 31.7 Å². The first-order valence-electron chi connectivity index (χ1n) is 5.98. The molecule has 1 saturated heterocycles. The molecule has 1 heterocycles. The molecule has 4 nitrogen and oxygen atoms in total. The van der Waals surface area contributed by atoms with E-state index >= 15 is 0 Å². The van der Waals surface area contributed by atoms with E-state index in [1.165, 1.54) is 6.07 Å². The van der Waals surface area contributed by atoms with Crippen LogP contribution in [0.1, 0.15) is 11.1 Å². The highest BCUT2D eigenvalue weighted by Crippen LogP contribution is 2.32. The molecule has 0 aliphatic carbocycles. The van der Waals surface area contributed by atoms with Gasteiger partial charge in [-0.05, 0) is 18.2 Å². The first kappa shape index (κ1) is 15.0. The average Bonchev–Trinajstić information content (AvgIpc) is 2.38. The second kappa shape index (κ2) is 5.94. The third-order valence-electron chi connectivity index (χ3n) is 2.90. The number of rotatable bonds is 3. The van der Waals surface area contributed by atoms with Crippen LogP contribution in [0.2, 0.25) is 0 Å². The number of hydrogen-bond acceptors (Lipinski definition) is 4. The first-order valence-corrected chi connectivity index (χ1v) is 6.39. The van der Waals surface area contributed by atoms with Gasteiger partial charge in [-0.3, -0.25) is 0 Å². The van der Waals surface area contributed by atoms with Gasteiger partial charge in [0, 0.05) is 18.7 Å². The monoisotopic (exact) mass is 305 g/mol. The highest BCUT2D eigenvalue weighted by Gasteiger charge is 2.31. The van der Waals surface area contributed by atoms with Crippen molar-refractivity contribution in [1.29, 1.82) is 0 Å². The predicted molar refractivity (Wildman–Crippen MR) is 73.3 cm³/mol. The zero-order chi connectivity index (χ0) is 14.8. The quantitative estimate of drug-likeness (QED) is 0.837. The van der Waals surface area contributed by atoms with Gasteiger partial charge in [-0.2, -0.15) is 13.2 Å². The summed E-state index contributed by atoms with van der Waals surface area (Å²) in [5.74, 6) is 0. The summed E-state index contributed by atoms with van der Waals surface area (Å²) in [5, 5.41) is 1.86. The molecule has 8 heteroatoms. The van der Waals surface area contributed by atoms with E-state index < -0.39 is 11.7 Å². The number of ether oxygens (including phenoxy) is 1. The van der Waals surface area contributed by atoms with E-state index in [1.807, 2.05) is 5.01 Å². The van der Waals surface area contributed by atoms with Crippen molar-refractivity contribution in [3.8, 4) is 0 Å². The molecule has 0 aromatic heterocycles. The van der Waals surface area contributed by atoms with Gasteiger partial charge < -0.3 is 15.9 Å². The van der Waals surface area contributed by atoms with Crippen molar-refractivity contribution in [3.63, 3.8) is 0 Å². The number of halogens is 3. The fourth-order valence-corrected chi connectivity index (χ4v) is 2.04. The van der Waals surface area contributed by atoms with Crippen LogP contribution in [0.25, 0.3) is 0 Å². The minimum absolute atomic E-state index is 0.0770. The molecule has 0 radical (unpaired) electrons. The fraction of sp³-hybridized carbons (Fsp3) is 0.417. The molecule has 2 rings (SSSR count). The lowest BCUT2D eigenvalue weighted by Crippen LogP contribution is -2.40. The van der Waals surface area contributed by atoms with Crippen LogP contribution >= 0.6 is 12.2 Å². The van der Waals surface area contributed by atoms with Gasteiger partial charge in [0.25, 0.3) is 0 Å². The lowest BCUT2D eigenvalue weighted by atomic mass is 10.1. The first-order chi connectivity index (χ1) is 9.38. The minimum atomic E-state index is -4.42. The van der Waals surface area contributed by atoms with E-state index in [0.29, 0.717) is 32.0 Å². The van der Waals surface area contributed by atoms with Crippen molar-refractivity contribution >= 4 is 22.9 Å². The van der Waals surface area contributed by atoms with Gasteiger partial charge in [0.05, 0.1) is 24.5 Å². The summed E-state index contributed by atoms with van der Waals surface area (Å²) >= 11 is 4.83. The van der Waals surface area contributed by atoms with Crippen LogP contribution < -0.4 is 11.2 Å². The van der Waals surface area contributed by atoms with Crippen molar-refractivity contribution in [3.05, 3.63) is 29.3 Å². The van der Waals surface area contributed by atoms with Gasteiger partial charge in [0.1, 0.15) is 4.99 Å². The smallest absolute Gasteiger partial charge is 0.389 e. The molecule has 1 aliphatic heterocycles. The molecule has 1 aromatic rings. The van der Waals surface area contributed by atoms with Gasteiger partial charge in [0.2, 0.25) is 0 Å². The van der Waals surface area contributed by atoms with Crippen LogP contribution in [0, 0.1) is 0 Å². The Hall–Kier alpha value is -1.38. The van der Waals surface area contributed by atoms with Gasteiger partial charge >= 0.3 is 6.18 Å². The van der Waals surface area contributed by atoms with Gasteiger partial charge in [-0.1, -0.05) is 12.2 Å². The maximum absolute atomic E-state index is 12.7. The van der Waals surface area contributed by atoms with E-state index in [9.17, 15) is 13.2 Å². The topological polar surface area (TPSA) is 50.5 Å².